The van der Waals surface area contributed by atoms with Gasteiger partial charge >= 0.3 is 0 Å². The number of anilines is 1. The van der Waals surface area contributed by atoms with Crippen LogP contribution in [0.2, 0.25) is 11.6 Å². The number of carbonyl (C=O) groups excluding carboxylic acids is 2. The van der Waals surface area contributed by atoms with Crippen LogP contribution in [0.15, 0.2) is 16.9 Å². The number of nitrogens with two attached hydrogens (primary N) is 1. The second-order valence-electron chi connectivity index (χ2n) is 5.96. The van der Waals surface area contributed by atoms with Crippen LogP contribution in [-0.4, -0.2) is 52.8 Å². The minimum Gasteiger partial charge on any atom is -0.398 e. The fourth-order valence-electron chi connectivity index (χ4n) is 3.00. The van der Waals surface area contributed by atoms with Gasteiger partial charge in [-0.05, 0) is 18.8 Å². The number of hydrogen-bond donors (Lipinski definition) is 2. The Hall–Kier alpha value is -2.44. The molecule has 1 aromatic heterocycles. The van der Waals surface area contributed by atoms with Crippen LogP contribution in [0.5, 0.6) is 0 Å². The molecule has 0 bridgehead atoms. The molecule has 1 aliphatic heterocycles. The van der Waals surface area contributed by atoms with Crippen molar-refractivity contribution in [1.29, 1.82) is 0 Å². The zero-order chi connectivity index (χ0) is 18.7. The second-order valence-corrected chi connectivity index (χ2v) is 5.96. The Morgan fingerprint density at radius 3 is 2.56 bits per heavy atom. The zero-order valence-corrected chi connectivity index (χ0v) is 13.3. The smallest absolute Gasteiger partial charge is 0.263 e. The van der Waals surface area contributed by atoms with E-state index in [9.17, 15) is 14.4 Å². The Labute approximate surface area is 148 Å². The molecule has 3 unspecified atom stereocenters. The lowest BCUT2D eigenvalue weighted by Crippen LogP contribution is -2.63. The molecule has 25 heavy (non-hydrogen) atoms. The number of nitrogens with zero attached hydrogens (tertiary/aromatic N) is 2. The molecule has 0 saturated carbocycles. The zero-order valence-electron chi connectivity index (χ0n) is 13.3. The van der Waals surface area contributed by atoms with E-state index in [2.05, 4.69) is 4.98 Å². The first-order valence-corrected chi connectivity index (χ1v) is 7.33. The Morgan fingerprint density at radius 2 is 1.92 bits per heavy atom. The van der Waals surface area contributed by atoms with Crippen LogP contribution in [0, 0.1) is 6.92 Å². The number of fused-ring (bicyclic) bond motifs is 1. The summed E-state index contributed by atoms with van der Waals surface area (Å²) in [6, 6.07) is 3.04. The third kappa shape index (κ3) is 2.25. The molecule has 0 aliphatic carbocycles. The highest BCUT2D eigenvalue weighted by Gasteiger charge is 2.49. The number of hydrogen-bond acceptors (Lipinski definition) is 5. The molecule has 8 radical (unpaired) electrons. The maximum absolute atomic E-state index is 13.1. The van der Waals surface area contributed by atoms with Crippen molar-refractivity contribution in [3.8, 4) is 0 Å². The number of aryl methyl sites for hydroxylation is 1. The van der Waals surface area contributed by atoms with Crippen molar-refractivity contribution in [2.75, 3.05) is 5.73 Å². The first-order valence-electron chi connectivity index (χ1n) is 7.33. The molecule has 3 atom stereocenters. The molecule has 11 heteroatoms. The van der Waals surface area contributed by atoms with Gasteiger partial charge in [-0.25, -0.2) is 4.98 Å². The summed E-state index contributed by atoms with van der Waals surface area (Å²) in [5.41, 5.74) is 3.56. The van der Waals surface area contributed by atoms with Gasteiger partial charge in [-0.15, -0.1) is 0 Å². The van der Waals surface area contributed by atoms with Gasteiger partial charge < -0.3 is 5.73 Å². The standard InChI is InChI=1S/C14H10B4N4O3/c1-4-20-6-3-2-5(15)9(19)7(6)12(24)22(4)14(18)10(17)8(16)11(23)21-13(14)25/h2-3,8,10H,19H2,1H3,(H,21,23,25). The predicted molar refractivity (Wildman–Crippen MR) is 96.4 cm³/mol. The van der Waals surface area contributed by atoms with Crippen molar-refractivity contribution in [3.05, 3.63) is 28.3 Å². The molecule has 1 saturated heterocycles. The van der Waals surface area contributed by atoms with E-state index in [-0.39, 0.29) is 22.4 Å². The van der Waals surface area contributed by atoms with E-state index >= 15 is 0 Å². The van der Waals surface area contributed by atoms with E-state index in [1.54, 1.807) is 0 Å². The van der Waals surface area contributed by atoms with E-state index < -0.39 is 34.4 Å². The maximum atomic E-state index is 13.1. The lowest BCUT2D eigenvalue weighted by molar-refractivity contribution is -0.137. The van der Waals surface area contributed by atoms with Crippen LogP contribution in [0.4, 0.5) is 5.69 Å². The number of rotatable bonds is 1. The fourth-order valence-corrected chi connectivity index (χ4v) is 3.00. The minimum atomic E-state index is -2.12. The van der Waals surface area contributed by atoms with Crippen molar-refractivity contribution in [2.45, 2.75) is 24.0 Å². The van der Waals surface area contributed by atoms with Crippen LogP contribution >= 0.6 is 0 Å². The van der Waals surface area contributed by atoms with Gasteiger partial charge in [0.05, 0.1) is 32.0 Å². The maximum Gasteiger partial charge on any atom is 0.263 e. The van der Waals surface area contributed by atoms with E-state index in [4.69, 9.17) is 37.1 Å². The quantitative estimate of drug-likeness (QED) is 0.342. The van der Waals surface area contributed by atoms with Crippen LogP contribution in [-0.2, 0) is 15.0 Å². The number of nitrogens with one attached hydrogen (secondary N) is 1. The van der Waals surface area contributed by atoms with Gasteiger partial charge in [0.1, 0.15) is 21.5 Å². The number of amides is 2. The number of imide groups is 1. The summed E-state index contributed by atoms with van der Waals surface area (Å²) < 4.78 is 0.900. The number of aromatic nitrogens is 2. The SMILES string of the molecule is [B]c1ccc2nc(C)n(C3([B])C(=O)NC(=O)C([B])C3[B])c(=O)c2c1N. The molecule has 2 heterocycles. The van der Waals surface area contributed by atoms with Gasteiger partial charge in [-0.3, -0.25) is 24.3 Å². The summed E-state index contributed by atoms with van der Waals surface area (Å²) in [6.07, 6.45) is 0. The van der Waals surface area contributed by atoms with Crippen molar-refractivity contribution in [3.63, 3.8) is 0 Å². The van der Waals surface area contributed by atoms with Gasteiger partial charge in [0, 0.05) is 5.69 Å². The van der Waals surface area contributed by atoms with Crippen molar-refractivity contribution >= 4 is 65.3 Å². The van der Waals surface area contributed by atoms with Crippen LogP contribution < -0.4 is 22.1 Å². The predicted octanol–water partition coefficient (Wildman–Crippen LogP) is -2.53. The Morgan fingerprint density at radius 1 is 1.28 bits per heavy atom. The first kappa shape index (κ1) is 17.4. The van der Waals surface area contributed by atoms with Gasteiger partial charge in [0.2, 0.25) is 11.8 Å². The molecule has 2 aromatic rings. The molecule has 1 aliphatic rings. The minimum absolute atomic E-state index is 0.000830. The highest BCUT2D eigenvalue weighted by atomic mass is 16.2. The number of carbonyl (C=O) groups is 2. The van der Waals surface area contributed by atoms with Crippen molar-refractivity contribution < 1.29 is 9.59 Å². The molecule has 1 aromatic carbocycles. The summed E-state index contributed by atoms with van der Waals surface area (Å²) >= 11 is 0. The third-order valence-electron chi connectivity index (χ3n) is 4.45. The Balaban J connectivity index is 2.39. The topological polar surface area (TPSA) is 107 Å². The van der Waals surface area contributed by atoms with E-state index in [1.165, 1.54) is 19.1 Å². The summed E-state index contributed by atoms with van der Waals surface area (Å²) in [7, 11) is 23.6. The summed E-state index contributed by atoms with van der Waals surface area (Å²) in [5, 5.41) is 2.03. The highest BCUT2D eigenvalue weighted by molar-refractivity contribution is 6.42. The lowest BCUT2D eigenvalue weighted by atomic mass is 9.49. The van der Waals surface area contributed by atoms with E-state index in [0.29, 0.717) is 5.52 Å². The van der Waals surface area contributed by atoms with Gasteiger partial charge in [0.15, 0.2) is 0 Å². The highest BCUT2D eigenvalue weighted by Crippen LogP contribution is 2.38. The molecule has 116 valence electrons. The Bertz CT molecular complexity index is 992. The molecular formula is C14H10B4N4O3. The van der Waals surface area contributed by atoms with Crippen molar-refractivity contribution in [2.24, 2.45) is 0 Å². The number of benzene rings is 1. The average molecular weight is 326 g/mol. The van der Waals surface area contributed by atoms with E-state index in [1.807, 2.05) is 5.32 Å². The van der Waals surface area contributed by atoms with Crippen molar-refractivity contribution in [1.82, 2.24) is 14.9 Å². The lowest BCUT2D eigenvalue weighted by Gasteiger charge is -2.44. The van der Waals surface area contributed by atoms with Gasteiger partial charge in [-0.2, -0.15) is 0 Å². The number of piperidine rings is 1. The normalized spacial score (nSPS) is 26.6. The molecule has 1 fully saturated rings. The molecule has 3 rings (SSSR count). The average Bonchev–Trinajstić information content (AvgIpc) is 2.54. The van der Waals surface area contributed by atoms with E-state index in [0.717, 1.165) is 4.57 Å². The number of nitrogen functional groups attached to an aromatic ring is 1. The monoisotopic (exact) mass is 326 g/mol. The molecule has 3 N–H and O–H groups in total. The first-order chi connectivity index (χ1) is 11.6. The van der Waals surface area contributed by atoms with Crippen LogP contribution in [0.25, 0.3) is 10.9 Å². The summed E-state index contributed by atoms with van der Waals surface area (Å²) in [5.74, 6) is -4.27. The fraction of sp³-hybridized carbons (Fsp3) is 0.286. The second kappa shape index (κ2) is 5.54. The third-order valence-corrected chi connectivity index (χ3v) is 4.45. The van der Waals surface area contributed by atoms with Gasteiger partial charge in [0.25, 0.3) is 5.56 Å². The Kier molecular flexibility index (Phi) is 3.85. The molecule has 2 amide bonds. The van der Waals surface area contributed by atoms with Gasteiger partial charge in [-0.1, -0.05) is 17.3 Å². The molecular weight excluding hydrogens is 315 g/mol. The van der Waals surface area contributed by atoms with Crippen LogP contribution in [0.1, 0.15) is 5.82 Å². The molecule has 7 nitrogen and oxygen atoms in total. The van der Waals surface area contributed by atoms with Crippen LogP contribution in [0.3, 0.4) is 0 Å². The summed E-state index contributed by atoms with van der Waals surface area (Å²) in [4.78, 5) is 41.4. The largest absolute Gasteiger partial charge is 0.398 e. The molecule has 0 spiro atoms. The summed E-state index contributed by atoms with van der Waals surface area (Å²) in [6.45, 7) is 1.48.